The van der Waals surface area contributed by atoms with Gasteiger partial charge in [0.15, 0.2) is 0 Å². The van der Waals surface area contributed by atoms with Gasteiger partial charge in [0, 0.05) is 5.56 Å². The van der Waals surface area contributed by atoms with Crippen molar-refractivity contribution in [2.45, 2.75) is 38.8 Å². The second-order valence-electron chi connectivity index (χ2n) is 9.97. The summed E-state index contributed by atoms with van der Waals surface area (Å²) in [6.45, 7) is 9.55. The van der Waals surface area contributed by atoms with E-state index in [0.29, 0.717) is 0 Å². The average molecular weight is 447 g/mol. The molecule has 0 aliphatic heterocycles. The van der Waals surface area contributed by atoms with Crippen LogP contribution in [0.4, 0.5) is 0 Å². The van der Waals surface area contributed by atoms with Crippen LogP contribution in [0, 0.1) is 12.3 Å². The van der Waals surface area contributed by atoms with Gasteiger partial charge in [0.1, 0.15) is 0 Å². The minimum atomic E-state index is -0.451. The maximum atomic E-state index is 5.89. The van der Waals surface area contributed by atoms with Crippen molar-refractivity contribution in [3.63, 3.8) is 0 Å². The molecule has 0 radical (unpaired) electrons. The normalized spacial score (nSPS) is 12.7. The maximum absolute atomic E-state index is 5.89. The molecule has 0 saturated carbocycles. The van der Waals surface area contributed by atoms with Crippen LogP contribution in [-0.2, 0) is 0 Å². The Morgan fingerprint density at radius 2 is 1.06 bits per heavy atom. The Bertz CT molecular complexity index is 1530. The molecule has 0 atom stereocenters. The third-order valence-electron chi connectivity index (χ3n) is 6.59. The van der Waals surface area contributed by atoms with Crippen LogP contribution in [0.25, 0.3) is 43.1 Å². The van der Waals surface area contributed by atoms with Gasteiger partial charge in [0.2, 0.25) is 0 Å². The van der Waals surface area contributed by atoms with Gasteiger partial charge in [-0.1, -0.05) is 91.5 Å². The zero-order valence-corrected chi connectivity index (χ0v) is 22.3. The SMILES string of the molecule is C#Cc1cccc2cc3c([SiH2]C(C)C)c4cc5ccccc5cc4c([SiH2]C(C)C)c3cc12. The smallest absolute Gasteiger partial charge is 0.0589 e. The zero-order chi connectivity index (χ0) is 22.4. The number of fused-ring (bicyclic) bond motifs is 4. The fraction of sp³-hybridized carbons (Fsp3) is 0.200. The van der Waals surface area contributed by atoms with Crippen molar-refractivity contribution >= 4 is 72.5 Å². The Labute approximate surface area is 195 Å². The largest absolute Gasteiger partial charge is 0.115 e. The first-order chi connectivity index (χ1) is 15.5. The van der Waals surface area contributed by atoms with E-state index in [9.17, 15) is 0 Å². The second-order valence-corrected chi connectivity index (χ2v) is 15.5. The highest BCUT2D eigenvalue weighted by Gasteiger charge is 2.18. The van der Waals surface area contributed by atoms with Crippen LogP contribution in [0.3, 0.4) is 0 Å². The summed E-state index contributed by atoms with van der Waals surface area (Å²) in [5.41, 5.74) is 2.45. The van der Waals surface area contributed by atoms with Gasteiger partial charge < -0.3 is 0 Å². The monoisotopic (exact) mass is 446 g/mol. The van der Waals surface area contributed by atoms with E-state index in [1.165, 1.54) is 43.1 Å². The Balaban J connectivity index is 2.03. The van der Waals surface area contributed by atoms with Gasteiger partial charge in [-0.2, -0.15) is 0 Å². The minimum absolute atomic E-state index is 0.436. The van der Waals surface area contributed by atoms with Gasteiger partial charge in [0.25, 0.3) is 0 Å². The van der Waals surface area contributed by atoms with Crippen LogP contribution >= 0.6 is 0 Å². The molecule has 0 amide bonds. The lowest BCUT2D eigenvalue weighted by atomic mass is 9.95. The van der Waals surface area contributed by atoms with Gasteiger partial charge in [-0.05, 0) is 73.4 Å². The Morgan fingerprint density at radius 1 is 0.594 bits per heavy atom. The lowest BCUT2D eigenvalue weighted by molar-refractivity contribution is 1.07. The predicted octanol–water partition coefficient (Wildman–Crippen LogP) is 5.53. The van der Waals surface area contributed by atoms with Gasteiger partial charge >= 0.3 is 0 Å². The van der Waals surface area contributed by atoms with E-state index in [-0.39, 0.29) is 0 Å². The molecule has 5 aromatic carbocycles. The number of hydrogen-bond acceptors (Lipinski definition) is 0. The van der Waals surface area contributed by atoms with Gasteiger partial charge in [-0.3, -0.25) is 0 Å². The number of rotatable bonds is 4. The van der Waals surface area contributed by atoms with Gasteiger partial charge in [-0.25, -0.2) is 0 Å². The summed E-state index contributed by atoms with van der Waals surface area (Å²) in [5, 5.41) is 14.4. The molecule has 0 aromatic heterocycles. The van der Waals surface area contributed by atoms with Crippen LogP contribution in [0.15, 0.2) is 66.7 Å². The first-order valence-electron chi connectivity index (χ1n) is 11.8. The van der Waals surface area contributed by atoms with Crippen LogP contribution < -0.4 is 10.4 Å². The molecule has 5 rings (SSSR count). The Kier molecular flexibility index (Phi) is 5.41. The lowest BCUT2D eigenvalue weighted by Gasteiger charge is -2.20. The fourth-order valence-electron chi connectivity index (χ4n) is 5.24. The molecule has 0 spiro atoms. The van der Waals surface area contributed by atoms with Gasteiger partial charge in [-0.15, -0.1) is 6.42 Å². The third kappa shape index (κ3) is 3.56. The molecule has 2 heteroatoms. The number of terminal acetylenes is 1. The number of hydrogen-bond donors (Lipinski definition) is 0. The Hall–Kier alpha value is -2.87. The first-order valence-corrected chi connectivity index (χ1v) is 14.8. The molecule has 0 nitrogen and oxygen atoms in total. The average Bonchev–Trinajstić information content (AvgIpc) is 2.78. The molecule has 158 valence electrons. The molecule has 5 aromatic rings. The maximum Gasteiger partial charge on any atom is 0.0589 e. The molecule has 0 heterocycles. The summed E-state index contributed by atoms with van der Waals surface area (Å²) in [6, 6.07) is 25.1. The molecule has 0 fully saturated rings. The summed E-state index contributed by atoms with van der Waals surface area (Å²) in [7, 11) is -0.887. The molecule has 0 aliphatic rings. The van der Waals surface area contributed by atoms with Crippen molar-refractivity contribution in [2.24, 2.45) is 0 Å². The highest BCUT2D eigenvalue weighted by Crippen LogP contribution is 2.30. The standard InChI is InChI=1S/C30H30Si2/c1-6-20-12-9-13-23-16-27-28(17-24(20)23)30(32-19(4)5)26-15-22-11-8-7-10-21(22)14-25(26)29(27)31-18(2)3/h1,7-19H,31-32H2,2-5H3. The number of benzene rings is 5. The predicted molar refractivity (Wildman–Crippen MR) is 151 cm³/mol. The summed E-state index contributed by atoms with van der Waals surface area (Å²) in [6.07, 6.45) is 5.89. The molecular weight excluding hydrogens is 417 g/mol. The fourth-order valence-corrected chi connectivity index (χ4v) is 8.92. The van der Waals surface area contributed by atoms with Crippen molar-refractivity contribution in [3.05, 3.63) is 72.3 Å². The van der Waals surface area contributed by atoms with Crippen LogP contribution in [-0.4, -0.2) is 19.0 Å². The van der Waals surface area contributed by atoms with E-state index in [0.717, 1.165) is 16.6 Å². The summed E-state index contributed by atoms with van der Waals surface area (Å²) < 4.78 is 0. The first kappa shape index (κ1) is 21.0. The van der Waals surface area contributed by atoms with Crippen molar-refractivity contribution < 1.29 is 0 Å². The highest BCUT2D eigenvalue weighted by atomic mass is 28.2. The molecule has 32 heavy (non-hydrogen) atoms. The van der Waals surface area contributed by atoms with E-state index in [2.05, 4.69) is 100 Å². The molecule has 0 aliphatic carbocycles. The lowest BCUT2D eigenvalue weighted by Crippen LogP contribution is -2.27. The second kappa shape index (κ2) is 8.24. The van der Waals surface area contributed by atoms with Gasteiger partial charge in [0.05, 0.1) is 19.0 Å². The van der Waals surface area contributed by atoms with Crippen LogP contribution in [0.5, 0.6) is 0 Å². The van der Waals surface area contributed by atoms with Crippen molar-refractivity contribution in [2.75, 3.05) is 0 Å². The summed E-state index contributed by atoms with van der Waals surface area (Å²) in [4.78, 5) is 0. The molecule has 0 saturated heterocycles. The van der Waals surface area contributed by atoms with Crippen molar-refractivity contribution in [1.29, 1.82) is 0 Å². The molecule has 0 N–H and O–H groups in total. The minimum Gasteiger partial charge on any atom is -0.115 e. The van der Waals surface area contributed by atoms with E-state index < -0.39 is 19.0 Å². The summed E-state index contributed by atoms with van der Waals surface area (Å²) in [5.74, 6) is 2.92. The molecule has 0 bridgehead atoms. The molecule has 0 unspecified atom stereocenters. The molecular formula is C30H30Si2. The van der Waals surface area contributed by atoms with Crippen LogP contribution in [0.1, 0.15) is 33.3 Å². The van der Waals surface area contributed by atoms with Crippen molar-refractivity contribution in [3.8, 4) is 12.3 Å². The topological polar surface area (TPSA) is 0 Å². The van der Waals surface area contributed by atoms with E-state index in [1.807, 2.05) is 0 Å². The zero-order valence-electron chi connectivity index (χ0n) is 19.5. The third-order valence-corrected chi connectivity index (χ3v) is 10.6. The van der Waals surface area contributed by atoms with E-state index >= 15 is 0 Å². The quantitative estimate of drug-likeness (QED) is 0.194. The van der Waals surface area contributed by atoms with E-state index in [1.54, 1.807) is 10.4 Å². The highest BCUT2D eigenvalue weighted by molar-refractivity contribution is 6.68. The van der Waals surface area contributed by atoms with E-state index in [4.69, 9.17) is 6.42 Å². The van der Waals surface area contributed by atoms with Crippen molar-refractivity contribution in [1.82, 2.24) is 0 Å². The summed E-state index contributed by atoms with van der Waals surface area (Å²) >= 11 is 0. The van der Waals surface area contributed by atoms with Crippen LogP contribution in [0.2, 0.25) is 11.1 Å². The Morgan fingerprint density at radius 3 is 1.56 bits per heavy atom.